The summed E-state index contributed by atoms with van der Waals surface area (Å²) < 4.78 is 10.5. The molecule has 0 bridgehead atoms. The number of carboxylic acids is 1. The Bertz CT molecular complexity index is 634. The maximum absolute atomic E-state index is 12.3. The van der Waals surface area contributed by atoms with Gasteiger partial charge in [-0.05, 0) is 12.5 Å². The van der Waals surface area contributed by atoms with E-state index < -0.39 is 29.4 Å². The van der Waals surface area contributed by atoms with Crippen LogP contribution in [0.1, 0.15) is 12.8 Å². The first-order valence-electron chi connectivity index (χ1n) is 7.32. The Morgan fingerprint density at radius 3 is 2.75 bits per heavy atom. The highest BCUT2D eigenvalue weighted by molar-refractivity contribution is 5.79. The Balaban J connectivity index is 2.03. The second-order valence-electron chi connectivity index (χ2n) is 5.40. The molecule has 1 fully saturated rings. The summed E-state index contributed by atoms with van der Waals surface area (Å²) in [5.74, 6) is -1.44. The zero-order valence-corrected chi connectivity index (χ0v) is 13.1. The monoisotopic (exact) mass is 338 g/mol. The standard InChI is InChI=1S/C15H18N2O7/c1-23-11-6-10(7-15(19)20)16(8-11)14(18)9-24-13-5-3-2-4-12(13)17(21)22/h2-5,10-11H,6-9H2,1H3,(H,19,20). The van der Waals surface area contributed by atoms with Crippen LogP contribution in [0.5, 0.6) is 5.75 Å². The minimum Gasteiger partial charge on any atom is -0.481 e. The van der Waals surface area contributed by atoms with E-state index in [9.17, 15) is 19.7 Å². The number of carboxylic acid groups (broad SMARTS) is 1. The van der Waals surface area contributed by atoms with Gasteiger partial charge in [0.05, 0.1) is 17.4 Å². The molecule has 1 aromatic rings. The number of rotatable bonds is 7. The number of ether oxygens (including phenoxy) is 2. The summed E-state index contributed by atoms with van der Waals surface area (Å²) >= 11 is 0. The Morgan fingerprint density at radius 1 is 1.42 bits per heavy atom. The number of nitrogens with zero attached hydrogens (tertiary/aromatic N) is 2. The lowest BCUT2D eigenvalue weighted by Crippen LogP contribution is -2.40. The van der Waals surface area contributed by atoms with E-state index in [1.165, 1.54) is 30.2 Å². The lowest BCUT2D eigenvalue weighted by Gasteiger charge is -2.23. The molecular formula is C15H18N2O7. The number of methoxy groups -OCH3 is 1. The van der Waals surface area contributed by atoms with Crippen LogP contribution >= 0.6 is 0 Å². The SMILES string of the molecule is COC1CC(CC(=O)O)N(C(=O)COc2ccccc2[N+](=O)[O-])C1. The molecule has 2 rings (SSSR count). The average molecular weight is 338 g/mol. The number of nitro benzene ring substituents is 1. The fourth-order valence-corrected chi connectivity index (χ4v) is 2.70. The topological polar surface area (TPSA) is 119 Å². The number of hydrogen-bond donors (Lipinski definition) is 1. The van der Waals surface area contributed by atoms with E-state index in [4.69, 9.17) is 14.6 Å². The smallest absolute Gasteiger partial charge is 0.310 e. The molecule has 130 valence electrons. The maximum Gasteiger partial charge on any atom is 0.310 e. The van der Waals surface area contributed by atoms with Gasteiger partial charge in [0, 0.05) is 25.8 Å². The molecule has 0 aliphatic carbocycles. The molecule has 9 heteroatoms. The highest BCUT2D eigenvalue weighted by Gasteiger charge is 2.36. The second kappa shape index (κ2) is 7.73. The molecule has 0 radical (unpaired) electrons. The third-order valence-electron chi connectivity index (χ3n) is 3.85. The summed E-state index contributed by atoms with van der Waals surface area (Å²) in [6.45, 7) is -0.134. The quantitative estimate of drug-likeness (QED) is 0.583. The van der Waals surface area contributed by atoms with Crippen LogP contribution in [0.2, 0.25) is 0 Å². The molecule has 0 spiro atoms. The molecule has 2 atom stereocenters. The van der Waals surface area contributed by atoms with Gasteiger partial charge in [-0.15, -0.1) is 0 Å². The summed E-state index contributed by atoms with van der Waals surface area (Å²) in [5, 5.41) is 19.9. The molecule has 1 aliphatic rings. The van der Waals surface area contributed by atoms with Crippen molar-refractivity contribution >= 4 is 17.6 Å². The minimum absolute atomic E-state index is 0.00637. The van der Waals surface area contributed by atoms with E-state index in [1.54, 1.807) is 6.07 Å². The van der Waals surface area contributed by atoms with Gasteiger partial charge in [-0.2, -0.15) is 0 Å². The van der Waals surface area contributed by atoms with Crippen LogP contribution in [0, 0.1) is 10.1 Å². The summed E-state index contributed by atoms with van der Waals surface area (Å²) in [6, 6.07) is 5.27. The van der Waals surface area contributed by atoms with Crippen molar-refractivity contribution < 1.29 is 29.1 Å². The van der Waals surface area contributed by atoms with Crippen LogP contribution in [0.4, 0.5) is 5.69 Å². The van der Waals surface area contributed by atoms with E-state index in [0.29, 0.717) is 6.42 Å². The molecule has 2 unspecified atom stereocenters. The Morgan fingerprint density at radius 2 is 2.12 bits per heavy atom. The predicted molar refractivity (Wildman–Crippen MR) is 81.8 cm³/mol. The zero-order chi connectivity index (χ0) is 17.7. The number of hydrogen-bond acceptors (Lipinski definition) is 6. The van der Waals surface area contributed by atoms with Crippen molar-refractivity contribution in [2.45, 2.75) is 25.0 Å². The molecule has 1 aliphatic heterocycles. The van der Waals surface area contributed by atoms with Crippen LogP contribution in [0.3, 0.4) is 0 Å². The molecule has 0 aromatic heterocycles. The number of nitro groups is 1. The Labute approximate surface area is 137 Å². The van der Waals surface area contributed by atoms with Gasteiger partial charge in [-0.3, -0.25) is 19.7 Å². The zero-order valence-electron chi connectivity index (χ0n) is 13.1. The number of amides is 1. The van der Waals surface area contributed by atoms with E-state index in [0.717, 1.165) is 0 Å². The predicted octanol–water partition coefficient (Wildman–Crippen LogP) is 1.06. The maximum atomic E-state index is 12.3. The lowest BCUT2D eigenvalue weighted by atomic mass is 10.1. The van der Waals surface area contributed by atoms with Gasteiger partial charge >= 0.3 is 11.7 Å². The Hall–Kier alpha value is -2.68. The van der Waals surface area contributed by atoms with Crippen LogP contribution < -0.4 is 4.74 Å². The Kier molecular flexibility index (Phi) is 5.69. The number of carbonyl (C=O) groups is 2. The van der Waals surface area contributed by atoms with E-state index >= 15 is 0 Å². The van der Waals surface area contributed by atoms with E-state index in [2.05, 4.69) is 0 Å². The molecule has 1 heterocycles. The van der Waals surface area contributed by atoms with Crippen molar-refractivity contribution in [3.8, 4) is 5.75 Å². The molecular weight excluding hydrogens is 320 g/mol. The molecule has 9 nitrogen and oxygen atoms in total. The van der Waals surface area contributed by atoms with Gasteiger partial charge in [0.25, 0.3) is 5.91 Å². The highest BCUT2D eigenvalue weighted by atomic mass is 16.6. The van der Waals surface area contributed by atoms with E-state index in [-0.39, 0.29) is 30.5 Å². The van der Waals surface area contributed by atoms with Crippen molar-refractivity contribution in [3.05, 3.63) is 34.4 Å². The van der Waals surface area contributed by atoms with Crippen molar-refractivity contribution in [2.24, 2.45) is 0 Å². The average Bonchev–Trinajstić information content (AvgIpc) is 2.95. The summed E-state index contributed by atoms with van der Waals surface area (Å²) in [5.41, 5.74) is -0.233. The molecule has 1 aromatic carbocycles. The molecule has 1 N–H and O–H groups in total. The van der Waals surface area contributed by atoms with Gasteiger partial charge in [-0.1, -0.05) is 12.1 Å². The fourth-order valence-electron chi connectivity index (χ4n) is 2.70. The normalized spacial score (nSPS) is 20.0. The fraction of sp³-hybridized carbons (Fsp3) is 0.467. The number of para-hydroxylation sites is 2. The van der Waals surface area contributed by atoms with Gasteiger partial charge in [0.1, 0.15) is 0 Å². The first-order valence-corrected chi connectivity index (χ1v) is 7.32. The van der Waals surface area contributed by atoms with Crippen molar-refractivity contribution in [3.63, 3.8) is 0 Å². The third-order valence-corrected chi connectivity index (χ3v) is 3.85. The number of aliphatic carboxylic acids is 1. The summed E-state index contributed by atoms with van der Waals surface area (Å²) in [7, 11) is 1.50. The second-order valence-corrected chi connectivity index (χ2v) is 5.40. The minimum atomic E-state index is -1.01. The molecule has 0 saturated carbocycles. The van der Waals surface area contributed by atoms with Crippen LogP contribution in [-0.4, -0.2) is 59.2 Å². The van der Waals surface area contributed by atoms with Gasteiger partial charge in [-0.25, -0.2) is 0 Å². The first-order chi connectivity index (χ1) is 11.4. The van der Waals surface area contributed by atoms with Gasteiger partial charge < -0.3 is 19.5 Å². The van der Waals surface area contributed by atoms with Gasteiger partial charge in [0.2, 0.25) is 0 Å². The number of benzene rings is 1. The lowest BCUT2D eigenvalue weighted by molar-refractivity contribution is -0.385. The first kappa shape index (κ1) is 17.7. The molecule has 24 heavy (non-hydrogen) atoms. The van der Waals surface area contributed by atoms with Crippen LogP contribution in [0.15, 0.2) is 24.3 Å². The van der Waals surface area contributed by atoms with Crippen molar-refractivity contribution in [1.29, 1.82) is 0 Å². The van der Waals surface area contributed by atoms with Crippen LogP contribution in [0.25, 0.3) is 0 Å². The molecule has 1 amide bonds. The summed E-state index contributed by atoms with van der Waals surface area (Å²) in [4.78, 5) is 35.0. The van der Waals surface area contributed by atoms with E-state index in [1.807, 2.05) is 0 Å². The number of likely N-dealkylation sites (tertiary alicyclic amines) is 1. The third kappa shape index (κ3) is 4.19. The largest absolute Gasteiger partial charge is 0.481 e. The summed E-state index contributed by atoms with van der Waals surface area (Å²) in [6.07, 6.45) is 0.0151. The van der Waals surface area contributed by atoms with Crippen molar-refractivity contribution in [2.75, 3.05) is 20.3 Å². The van der Waals surface area contributed by atoms with Gasteiger partial charge in [0.15, 0.2) is 12.4 Å². The van der Waals surface area contributed by atoms with Crippen molar-refractivity contribution in [1.82, 2.24) is 4.90 Å². The molecule has 1 saturated heterocycles. The van der Waals surface area contributed by atoms with Crippen LogP contribution in [-0.2, 0) is 14.3 Å². The highest BCUT2D eigenvalue weighted by Crippen LogP contribution is 2.27. The number of carbonyl (C=O) groups excluding carboxylic acids is 1.